The third kappa shape index (κ3) is 4.85. The Kier molecular flexibility index (Phi) is 6.85. The van der Waals surface area contributed by atoms with Crippen molar-refractivity contribution >= 4 is 11.9 Å². The zero-order valence-electron chi connectivity index (χ0n) is 12.1. The molecule has 2 heterocycles. The second kappa shape index (κ2) is 8.45. The molecule has 0 atom stereocenters. The average molecular weight is 264 g/mol. The molecule has 0 aromatic carbocycles. The fraction of sp³-hybridized carbons (Fsp3) is 0.643. The van der Waals surface area contributed by atoms with E-state index in [0.717, 1.165) is 25.9 Å². The minimum absolute atomic E-state index is 0.249. The lowest BCUT2D eigenvalue weighted by Crippen LogP contribution is -2.42. The average Bonchev–Trinajstić information content (AvgIpc) is 2.50. The van der Waals surface area contributed by atoms with Crippen LogP contribution in [0.25, 0.3) is 0 Å². The summed E-state index contributed by atoms with van der Waals surface area (Å²) < 4.78 is 0. The highest BCUT2D eigenvalue weighted by Gasteiger charge is 2.21. The van der Waals surface area contributed by atoms with Gasteiger partial charge >= 0.3 is 0 Å². The molecule has 106 valence electrons. The number of nitrogens with one attached hydrogen (secondary N) is 1. The molecule has 0 bridgehead atoms. The number of carbonyl (C=O) groups excluding carboxylic acids is 1. The van der Waals surface area contributed by atoms with Crippen LogP contribution in [0.1, 0.15) is 40.0 Å². The van der Waals surface area contributed by atoms with Gasteiger partial charge in [0.1, 0.15) is 0 Å². The van der Waals surface area contributed by atoms with Gasteiger partial charge in [0.2, 0.25) is 11.9 Å². The van der Waals surface area contributed by atoms with E-state index in [2.05, 4.69) is 15.3 Å². The second-order valence-electron chi connectivity index (χ2n) is 4.23. The van der Waals surface area contributed by atoms with E-state index >= 15 is 0 Å². The van der Waals surface area contributed by atoms with E-state index in [1.54, 1.807) is 18.5 Å². The van der Waals surface area contributed by atoms with Crippen molar-refractivity contribution in [2.24, 2.45) is 0 Å². The van der Waals surface area contributed by atoms with Gasteiger partial charge in [0.25, 0.3) is 0 Å². The number of hydrogen-bond acceptors (Lipinski definition) is 4. The van der Waals surface area contributed by atoms with Gasteiger partial charge in [0.15, 0.2) is 0 Å². The van der Waals surface area contributed by atoms with Gasteiger partial charge in [0, 0.05) is 37.9 Å². The smallest absolute Gasteiger partial charge is 0.222 e. The number of amides is 1. The monoisotopic (exact) mass is 264 g/mol. The quantitative estimate of drug-likeness (QED) is 0.910. The van der Waals surface area contributed by atoms with Crippen molar-refractivity contribution in [2.75, 3.05) is 18.4 Å². The summed E-state index contributed by atoms with van der Waals surface area (Å²) in [6.07, 6.45) is 5.98. The number of likely N-dealkylation sites (tertiary alicyclic amines) is 1. The number of carbonyl (C=O) groups is 1. The van der Waals surface area contributed by atoms with E-state index in [1.165, 1.54) is 0 Å². The van der Waals surface area contributed by atoms with Crippen LogP contribution in [0.2, 0.25) is 0 Å². The summed E-state index contributed by atoms with van der Waals surface area (Å²) in [5, 5.41) is 3.30. The predicted octanol–water partition coefficient (Wildman–Crippen LogP) is 2.32. The molecule has 19 heavy (non-hydrogen) atoms. The summed E-state index contributed by atoms with van der Waals surface area (Å²) in [5.41, 5.74) is 0. The lowest BCUT2D eigenvalue weighted by atomic mass is 10.1. The topological polar surface area (TPSA) is 58.1 Å². The van der Waals surface area contributed by atoms with E-state index in [9.17, 15) is 4.79 Å². The van der Waals surface area contributed by atoms with Crippen molar-refractivity contribution in [3.8, 4) is 0 Å². The Morgan fingerprint density at radius 3 is 2.42 bits per heavy atom. The standard InChI is InChI=1S/C12H18N4O.C2H6/c1-2-11(17)16-8-4-10(5-9-16)15-12-13-6-3-7-14-12;1-2/h3,6-7,10H,2,4-5,8-9H2,1H3,(H,13,14,15);1-2H3. The molecule has 1 aliphatic heterocycles. The number of nitrogens with zero attached hydrogens (tertiary/aromatic N) is 3. The molecule has 0 aliphatic carbocycles. The van der Waals surface area contributed by atoms with Crippen molar-refractivity contribution in [3.63, 3.8) is 0 Å². The Balaban J connectivity index is 0.000000861. The van der Waals surface area contributed by atoms with E-state index in [0.29, 0.717) is 18.4 Å². The first kappa shape index (κ1) is 15.4. The molecule has 1 N–H and O–H groups in total. The molecule has 1 aromatic rings. The van der Waals surface area contributed by atoms with E-state index in [4.69, 9.17) is 0 Å². The molecule has 1 amide bonds. The summed E-state index contributed by atoms with van der Waals surface area (Å²) in [4.78, 5) is 21.7. The van der Waals surface area contributed by atoms with Crippen LogP contribution >= 0.6 is 0 Å². The number of anilines is 1. The van der Waals surface area contributed by atoms with Crippen LogP contribution in [-0.2, 0) is 4.79 Å². The maximum Gasteiger partial charge on any atom is 0.222 e. The van der Waals surface area contributed by atoms with Gasteiger partial charge in [-0.2, -0.15) is 0 Å². The maximum atomic E-state index is 11.5. The van der Waals surface area contributed by atoms with E-state index in [1.807, 2.05) is 25.7 Å². The largest absolute Gasteiger partial charge is 0.351 e. The SMILES string of the molecule is CC.CCC(=O)N1CCC(Nc2ncccn2)CC1. The van der Waals surface area contributed by atoms with Crippen LogP contribution in [-0.4, -0.2) is 39.9 Å². The van der Waals surface area contributed by atoms with Gasteiger partial charge in [-0.1, -0.05) is 20.8 Å². The molecule has 2 rings (SSSR count). The summed E-state index contributed by atoms with van der Waals surface area (Å²) in [5.74, 6) is 0.923. The Hall–Kier alpha value is -1.65. The van der Waals surface area contributed by atoms with Gasteiger partial charge in [0.05, 0.1) is 0 Å². The first-order valence-electron chi connectivity index (χ1n) is 7.11. The third-order valence-electron chi connectivity index (χ3n) is 3.05. The Labute approximate surface area is 115 Å². The van der Waals surface area contributed by atoms with E-state index in [-0.39, 0.29) is 5.91 Å². The van der Waals surface area contributed by atoms with Crippen LogP contribution < -0.4 is 5.32 Å². The second-order valence-corrected chi connectivity index (χ2v) is 4.23. The molecule has 1 aromatic heterocycles. The lowest BCUT2D eigenvalue weighted by molar-refractivity contribution is -0.131. The summed E-state index contributed by atoms with van der Waals surface area (Å²) in [7, 11) is 0. The zero-order valence-corrected chi connectivity index (χ0v) is 12.1. The van der Waals surface area contributed by atoms with Crippen LogP contribution in [0.3, 0.4) is 0 Å². The molecule has 1 saturated heterocycles. The van der Waals surface area contributed by atoms with Gasteiger partial charge < -0.3 is 10.2 Å². The molecule has 0 unspecified atom stereocenters. The molecule has 1 aliphatic rings. The maximum absolute atomic E-state index is 11.5. The van der Waals surface area contributed by atoms with Crippen molar-refractivity contribution in [1.82, 2.24) is 14.9 Å². The number of aromatic nitrogens is 2. The van der Waals surface area contributed by atoms with Crippen LogP contribution in [0, 0.1) is 0 Å². The third-order valence-corrected chi connectivity index (χ3v) is 3.05. The zero-order chi connectivity index (χ0) is 14.1. The molecule has 5 nitrogen and oxygen atoms in total. The van der Waals surface area contributed by atoms with Gasteiger partial charge in [-0.3, -0.25) is 4.79 Å². The van der Waals surface area contributed by atoms with Crippen LogP contribution in [0.15, 0.2) is 18.5 Å². The van der Waals surface area contributed by atoms with Crippen LogP contribution in [0.5, 0.6) is 0 Å². The van der Waals surface area contributed by atoms with Crippen molar-refractivity contribution in [3.05, 3.63) is 18.5 Å². The van der Waals surface area contributed by atoms with Crippen molar-refractivity contribution in [1.29, 1.82) is 0 Å². The number of hydrogen-bond donors (Lipinski definition) is 1. The van der Waals surface area contributed by atoms with Gasteiger partial charge in [-0.05, 0) is 18.9 Å². The Morgan fingerprint density at radius 2 is 1.89 bits per heavy atom. The molecule has 5 heteroatoms. The van der Waals surface area contributed by atoms with Crippen LogP contribution in [0.4, 0.5) is 5.95 Å². The fourth-order valence-electron chi connectivity index (χ4n) is 2.05. The van der Waals surface area contributed by atoms with E-state index < -0.39 is 0 Å². The number of piperidine rings is 1. The summed E-state index contributed by atoms with van der Waals surface area (Å²) in [6.45, 7) is 7.57. The highest BCUT2D eigenvalue weighted by molar-refractivity contribution is 5.75. The highest BCUT2D eigenvalue weighted by Crippen LogP contribution is 2.14. The first-order valence-corrected chi connectivity index (χ1v) is 7.11. The Bertz CT molecular complexity index is 361. The minimum Gasteiger partial charge on any atom is -0.351 e. The normalized spacial score (nSPS) is 15.4. The first-order chi connectivity index (χ1) is 9.29. The molecular formula is C14H24N4O. The highest BCUT2D eigenvalue weighted by atomic mass is 16.2. The molecule has 0 saturated carbocycles. The fourth-order valence-corrected chi connectivity index (χ4v) is 2.05. The van der Waals surface area contributed by atoms with Crippen molar-refractivity contribution < 1.29 is 4.79 Å². The molecule has 0 radical (unpaired) electrons. The number of rotatable bonds is 3. The van der Waals surface area contributed by atoms with Crippen molar-refractivity contribution in [2.45, 2.75) is 46.1 Å². The Morgan fingerprint density at radius 1 is 1.32 bits per heavy atom. The molecule has 1 fully saturated rings. The molecule has 0 spiro atoms. The van der Waals surface area contributed by atoms with Gasteiger partial charge in [-0.25, -0.2) is 9.97 Å². The summed E-state index contributed by atoms with van der Waals surface area (Å²) in [6, 6.07) is 2.17. The molecular weight excluding hydrogens is 240 g/mol. The van der Waals surface area contributed by atoms with Gasteiger partial charge in [-0.15, -0.1) is 0 Å². The predicted molar refractivity (Wildman–Crippen MR) is 76.9 cm³/mol. The summed E-state index contributed by atoms with van der Waals surface area (Å²) >= 11 is 0. The minimum atomic E-state index is 0.249. The lowest BCUT2D eigenvalue weighted by Gasteiger charge is -2.32.